The van der Waals surface area contributed by atoms with Crippen LogP contribution in [0, 0.1) is 0 Å². The van der Waals surface area contributed by atoms with Crippen LogP contribution in [0.25, 0.3) is 0 Å². The normalized spacial score (nSPS) is 14.8. The zero-order valence-corrected chi connectivity index (χ0v) is 10.9. The molecule has 0 bridgehead atoms. The fourth-order valence-corrected chi connectivity index (χ4v) is 1.86. The molecule has 0 aromatic heterocycles. The molecule has 7 heteroatoms. The maximum atomic E-state index is 11.6. The monoisotopic (exact) mass is 278 g/mol. The Morgan fingerprint density at radius 3 is 2.75 bits per heavy atom. The highest BCUT2D eigenvalue weighted by molar-refractivity contribution is 6.01. The molecule has 0 aliphatic carbocycles. The summed E-state index contributed by atoms with van der Waals surface area (Å²) in [4.78, 5) is 36.3. The number of carbonyl (C=O) groups is 3. The van der Waals surface area contributed by atoms with Crippen LogP contribution in [0.4, 0.5) is 4.79 Å². The van der Waals surface area contributed by atoms with Crippen molar-refractivity contribution in [1.29, 1.82) is 0 Å². The second-order valence-corrected chi connectivity index (χ2v) is 4.37. The van der Waals surface area contributed by atoms with E-state index in [1.165, 1.54) is 17.0 Å². The third-order valence-corrected chi connectivity index (χ3v) is 2.90. The van der Waals surface area contributed by atoms with Gasteiger partial charge in [-0.3, -0.25) is 9.69 Å². The van der Waals surface area contributed by atoms with Gasteiger partial charge in [0.05, 0.1) is 12.1 Å². The van der Waals surface area contributed by atoms with Gasteiger partial charge in [-0.1, -0.05) is 6.07 Å². The number of benzene rings is 1. The Morgan fingerprint density at radius 1 is 1.40 bits per heavy atom. The summed E-state index contributed by atoms with van der Waals surface area (Å²) in [6, 6.07) is 5.68. The summed E-state index contributed by atoms with van der Waals surface area (Å²) in [5.41, 5.74) is 0.121. The van der Waals surface area contributed by atoms with E-state index in [2.05, 4.69) is 0 Å². The van der Waals surface area contributed by atoms with Crippen LogP contribution < -0.4 is 4.74 Å². The number of ether oxygens (including phenoxy) is 1. The van der Waals surface area contributed by atoms with Crippen molar-refractivity contribution in [2.75, 3.05) is 26.7 Å². The molecule has 1 aliphatic heterocycles. The summed E-state index contributed by atoms with van der Waals surface area (Å²) in [5.74, 6) is -0.917. The van der Waals surface area contributed by atoms with Crippen LogP contribution >= 0.6 is 0 Å². The first-order valence-electron chi connectivity index (χ1n) is 6.00. The first kappa shape index (κ1) is 13.9. The van der Waals surface area contributed by atoms with E-state index < -0.39 is 5.97 Å². The Balaban J connectivity index is 1.90. The van der Waals surface area contributed by atoms with Gasteiger partial charge in [-0.05, 0) is 18.2 Å². The number of urea groups is 1. The highest BCUT2D eigenvalue weighted by Gasteiger charge is 2.32. The molecule has 1 heterocycles. The number of aromatic carboxylic acids is 1. The molecule has 1 N–H and O–H groups in total. The van der Waals surface area contributed by atoms with Crippen LogP contribution in [-0.4, -0.2) is 59.6 Å². The van der Waals surface area contributed by atoms with E-state index in [1.807, 2.05) is 0 Å². The summed E-state index contributed by atoms with van der Waals surface area (Å²) in [7, 11) is 1.55. The van der Waals surface area contributed by atoms with Crippen molar-refractivity contribution in [1.82, 2.24) is 9.80 Å². The molecule has 0 radical (unpaired) electrons. The number of imide groups is 1. The molecule has 1 fully saturated rings. The Labute approximate surface area is 115 Å². The lowest BCUT2D eigenvalue weighted by Gasteiger charge is -2.14. The number of likely N-dealkylation sites (N-methyl/N-ethyl adjacent to an activating group) is 1. The number of hydrogen-bond donors (Lipinski definition) is 1. The van der Waals surface area contributed by atoms with Gasteiger partial charge in [0.25, 0.3) is 0 Å². The molecule has 1 aromatic rings. The van der Waals surface area contributed by atoms with Crippen molar-refractivity contribution >= 4 is 17.9 Å². The third kappa shape index (κ3) is 2.87. The highest BCUT2D eigenvalue weighted by Crippen LogP contribution is 2.14. The van der Waals surface area contributed by atoms with Gasteiger partial charge in [0.1, 0.15) is 18.9 Å². The van der Waals surface area contributed by atoms with Crippen LogP contribution in [0.1, 0.15) is 10.4 Å². The predicted octanol–water partition coefficient (Wildman–Crippen LogP) is 0.658. The van der Waals surface area contributed by atoms with Crippen LogP contribution in [0.3, 0.4) is 0 Å². The Morgan fingerprint density at radius 2 is 2.15 bits per heavy atom. The minimum atomic E-state index is -1.04. The van der Waals surface area contributed by atoms with Crippen molar-refractivity contribution in [3.63, 3.8) is 0 Å². The van der Waals surface area contributed by atoms with Gasteiger partial charge in [-0.15, -0.1) is 0 Å². The van der Waals surface area contributed by atoms with Gasteiger partial charge < -0.3 is 14.7 Å². The van der Waals surface area contributed by atoms with Gasteiger partial charge >= 0.3 is 12.0 Å². The maximum absolute atomic E-state index is 11.6. The molecule has 0 spiro atoms. The molecule has 1 aliphatic rings. The van der Waals surface area contributed by atoms with E-state index in [4.69, 9.17) is 9.84 Å². The van der Waals surface area contributed by atoms with Gasteiger partial charge in [-0.25, -0.2) is 9.59 Å². The first-order chi connectivity index (χ1) is 9.49. The number of nitrogens with zero attached hydrogens (tertiary/aromatic N) is 2. The zero-order chi connectivity index (χ0) is 14.7. The van der Waals surface area contributed by atoms with Crippen molar-refractivity contribution in [2.45, 2.75) is 0 Å². The smallest absolute Gasteiger partial charge is 0.335 e. The summed E-state index contributed by atoms with van der Waals surface area (Å²) in [6.07, 6.45) is 0. The van der Waals surface area contributed by atoms with Crippen LogP contribution in [0.15, 0.2) is 24.3 Å². The van der Waals surface area contributed by atoms with Gasteiger partial charge in [0.2, 0.25) is 5.91 Å². The van der Waals surface area contributed by atoms with E-state index >= 15 is 0 Å². The van der Waals surface area contributed by atoms with Gasteiger partial charge in [0, 0.05) is 7.05 Å². The maximum Gasteiger partial charge on any atom is 0.335 e. The van der Waals surface area contributed by atoms with Crippen LogP contribution in [-0.2, 0) is 4.79 Å². The first-order valence-corrected chi connectivity index (χ1v) is 6.00. The SMILES string of the molecule is CN1CC(=O)N(CCOc2cccc(C(=O)O)c2)C1=O. The standard InChI is InChI=1S/C13H14N2O5/c1-14-8-11(16)15(13(14)19)5-6-20-10-4-2-3-9(7-10)12(17)18/h2-4,7H,5-6,8H2,1H3,(H,17,18). The van der Waals surface area contributed by atoms with Crippen molar-refractivity contribution < 1.29 is 24.2 Å². The van der Waals surface area contributed by atoms with E-state index in [1.54, 1.807) is 19.2 Å². The quantitative estimate of drug-likeness (QED) is 0.799. The van der Waals surface area contributed by atoms with E-state index in [0.717, 1.165) is 4.90 Å². The van der Waals surface area contributed by atoms with Gasteiger partial charge in [0.15, 0.2) is 0 Å². The minimum Gasteiger partial charge on any atom is -0.492 e. The molecule has 0 saturated carbocycles. The average Bonchev–Trinajstić information content (AvgIpc) is 2.65. The van der Waals surface area contributed by atoms with Crippen molar-refractivity contribution in [3.8, 4) is 5.75 Å². The second kappa shape index (κ2) is 5.60. The van der Waals surface area contributed by atoms with Gasteiger partial charge in [-0.2, -0.15) is 0 Å². The van der Waals surface area contributed by atoms with Crippen molar-refractivity contribution in [3.05, 3.63) is 29.8 Å². The fraction of sp³-hybridized carbons (Fsp3) is 0.308. The largest absolute Gasteiger partial charge is 0.492 e. The molecule has 7 nitrogen and oxygen atoms in total. The molecule has 1 saturated heterocycles. The summed E-state index contributed by atoms with van der Waals surface area (Å²) in [6.45, 7) is 0.334. The van der Waals surface area contributed by atoms with E-state index in [-0.39, 0.29) is 37.2 Å². The zero-order valence-electron chi connectivity index (χ0n) is 10.9. The summed E-state index contributed by atoms with van der Waals surface area (Å²) in [5, 5.41) is 8.85. The van der Waals surface area contributed by atoms with Crippen molar-refractivity contribution in [2.24, 2.45) is 0 Å². The Kier molecular flexibility index (Phi) is 3.88. The number of carboxylic acid groups (broad SMARTS) is 1. The molecular formula is C13H14N2O5. The van der Waals surface area contributed by atoms with Crippen LogP contribution in [0.2, 0.25) is 0 Å². The molecule has 0 atom stereocenters. The lowest BCUT2D eigenvalue weighted by atomic mass is 10.2. The average molecular weight is 278 g/mol. The topological polar surface area (TPSA) is 87.2 Å². The Hall–Kier alpha value is -2.57. The third-order valence-electron chi connectivity index (χ3n) is 2.90. The molecule has 2 rings (SSSR count). The molecule has 1 aromatic carbocycles. The number of amides is 3. The Bertz CT molecular complexity index is 557. The lowest BCUT2D eigenvalue weighted by molar-refractivity contribution is -0.125. The number of carboxylic acids is 1. The molecule has 3 amide bonds. The second-order valence-electron chi connectivity index (χ2n) is 4.37. The number of rotatable bonds is 5. The van der Waals surface area contributed by atoms with E-state index in [0.29, 0.717) is 5.75 Å². The minimum absolute atomic E-state index is 0.0767. The highest BCUT2D eigenvalue weighted by atomic mass is 16.5. The number of hydrogen-bond acceptors (Lipinski definition) is 4. The summed E-state index contributed by atoms with van der Waals surface area (Å²) >= 11 is 0. The number of carbonyl (C=O) groups excluding carboxylic acids is 2. The van der Waals surface area contributed by atoms with Crippen LogP contribution in [0.5, 0.6) is 5.75 Å². The summed E-state index contributed by atoms with van der Waals surface area (Å²) < 4.78 is 5.36. The predicted molar refractivity (Wildman–Crippen MR) is 68.6 cm³/mol. The molecule has 106 valence electrons. The molecule has 20 heavy (non-hydrogen) atoms. The lowest BCUT2D eigenvalue weighted by Crippen LogP contribution is -2.35. The molecule has 0 unspecified atom stereocenters. The van der Waals surface area contributed by atoms with E-state index in [9.17, 15) is 14.4 Å². The fourth-order valence-electron chi connectivity index (χ4n) is 1.86. The molecular weight excluding hydrogens is 264 g/mol.